The summed E-state index contributed by atoms with van der Waals surface area (Å²) in [5.74, 6) is 0.296. The van der Waals surface area contributed by atoms with Crippen LogP contribution in [0.25, 0.3) is 0 Å². The Morgan fingerprint density at radius 1 is 1.26 bits per heavy atom. The molecule has 0 aliphatic carbocycles. The Hall–Kier alpha value is -1.40. The zero-order valence-electron chi connectivity index (χ0n) is 9.98. The standard InChI is InChI=1S/C13H10Br2N2O2/c1-19-11-6-5-8(14)7-10(11)17-13(18)9-3-2-4-12(15)16-9/h2-7H,1H3,(H,17,18). The largest absolute Gasteiger partial charge is 0.495 e. The quantitative estimate of drug-likeness (QED) is 0.816. The van der Waals surface area contributed by atoms with Crippen LogP contribution in [0, 0.1) is 0 Å². The van der Waals surface area contributed by atoms with E-state index in [9.17, 15) is 4.79 Å². The van der Waals surface area contributed by atoms with Crippen molar-refractivity contribution in [2.24, 2.45) is 0 Å². The van der Waals surface area contributed by atoms with Crippen LogP contribution in [0.5, 0.6) is 5.75 Å². The van der Waals surface area contributed by atoms with Crippen LogP contribution in [0.15, 0.2) is 45.5 Å². The summed E-state index contributed by atoms with van der Waals surface area (Å²) in [4.78, 5) is 16.2. The first-order valence-corrected chi connectivity index (χ1v) is 6.96. The van der Waals surface area contributed by atoms with Gasteiger partial charge in [0.05, 0.1) is 12.8 Å². The molecule has 98 valence electrons. The molecule has 0 unspecified atom stereocenters. The van der Waals surface area contributed by atoms with Gasteiger partial charge in [-0.25, -0.2) is 4.98 Å². The average molecular weight is 386 g/mol. The number of hydrogen-bond acceptors (Lipinski definition) is 3. The van der Waals surface area contributed by atoms with Crippen LogP contribution >= 0.6 is 31.9 Å². The molecule has 2 rings (SSSR count). The van der Waals surface area contributed by atoms with Gasteiger partial charge in [0, 0.05) is 4.47 Å². The van der Waals surface area contributed by atoms with Crippen molar-refractivity contribution in [3.63, 3.8) is 0 Å². The number of carbonyl (C=O) groups is 1. The van der Waals surface area contributed by atoms with Gasteiger partial charge >= 0.3 is 0 Å². The molecule has 19 heavy (non-hydrogen) atoms. The minimum absolute atomic E-state index is 0.294. The molecule has 0 atom stereocenters. The Morgan fingerprint density at radius 2 is 2.05 bits per heavy atom. The summed E-state index contributed by atoms with van der Waals surface area (Å²) >= 11 is 6.59. The van der Waals surface area contributed by atoms with Crippen LogP contribution in [0.1, 0.15) is 10.5 Å². The fraction of sp³-hybridized carbons (Fsp3) is 0.0769. The van der Waals surface area contributed by atoms with E-state index in [1.807, 2.05) is 6.07 Å². The number of amides is 1. The van der Waals surface area contributed by atoms with Gasteiger partial charge in [-0.2, -0.15) is 0 Å². The van der Waals surface area contributed by atoms with E-state index in [4.69, 9.17) is 4.74 Å². The Labute approximate surface area is 127 Å². The lowest BCUT2D eigenvalue weighted by Gasteiger charge is -2.10. The molecule has 4 nitrogen and oxygen atoms in total. The molecule has 0 saturated carbocycles. The molecule has 1 heterocycles. The van der Waals surface area contributed by atoms with Gasteiger partial charge in [0.15, 0.2) is 0 Å². The summed E-state index contributed by atoms with van der Waals surface area (Å²) in [5.41, 5.74) is 0.917. The van der Waals surface area contributed by atoms with Crippen molar-refractivity contribution in [3.05, 3.63) is 51.2 Å². The molecule has 1 aromatic heterocycles. The highest BCUT2D eigenvalue weighted by Crippen LogP contribution is 2.28. The third-order valence-corrected chi connectivity index (χ3v) is 3.29. The van der Waals surface area contributed by atoms with E-state index < -0.39 is 0 Å². The van der Waals surface area contributed by atoms with Crippen molar-refractivity contribution in [2.75, 3.05) is 12.4 Å². The van der Waals surface area contributed by atoms with E-state index in [1.54, 1.807) is 37.4 Å². The van der Waals surface area contributed by atoms with Crippen LogP contribution in [0.2, 0.25) is 0 Å². The Balaban J connectivity index is 2.26. The molecule has 2 aromatic rings. The summed E-state index contributed by atoms with van der Waals surface area (Å²) in [7, 11) is 1.55. The summed E-state index contributed by atoms with van der Waals surface area (Å²) in [6.07, 6.45) is 0. The number of anilines is 1. The minimum Gasteiger partial charge on any atom is -0.495 e. The van der Waals surface area contributed by atoms with Gasteiger partial charge in [0.2, 0.25) is 0 Å². The van der Waals surface area contributed by atoms with Crippen molar-refractivity contribution in [2.45, 2.75) is 0 Å². The van der Waals surface area contributed by atoms with Crippen molar-refractivity contribution < 1.29 is 9.53 Å². The zero-order chi connectivity index (χ0) is 13.8. The predicted molar refractivity (Wildman–Crippen MR) is 80.6 cm³/mol. The minimum atomic E-state index is -0.294. The predicted octanol–water partition coefficient (Wildman–Crippen LogP) is 3.87. The van der Waals surface area contributed by atoms with Crippen LogP contribution in [0.3, 0.4) is 0 Å². The van der Waals surface area contributed by atoms with Crippen LogP contribution in [0.4, 0.5) is 5.69 Å². The molecule has 0 fully saturated rings. The fourth-order valence-electron chi connectivity index (χ4n) is 1.50. The third-order valence-electron chi connectivity index (χ3n) is 2.36. The molecule has 0 radical (unpaired) electrons. The second kappa shape index (κ2) is 6.16. The van der Waals surface area contributed by atoms with Crippen molar-refractivity contribution in [3.8, 4) is 5.75 Å². The summed E-state index contributed by atoms with van der Waals surface area (Å²) < 4.78 is 6.66. The van der Waals surface area contributed by atoms with Gasteiger partial charge < -0.3 is 10.1 Å². The molecule has 0 aliphatic rings. The molecule has 0 saturated heterocycles. The topological polar surface area (TPSA) is 51.2 Å². The number of benzene rings is 1. The normalized spacial score (nSPS) is 10.1. The van der Waals surface area contributed by atoms with Gasteiger partial charge in [-0.15, -0.1) is 0 Å². The summed E-state index contributed by atoms with van der Waals surface area (Å²) in [6.45, 7) is 0. The number of hydrogen-bond donors (Lipinski definition) is 1. The van der Waals surface area contributed by atoms with E-state index in [0.29, 0.717) is 21.7 Å². The molecule has 6 heteroatoms. The van der Waals surface area contributed by atoms with Gasteiger partial charge in [-0.1, -0.05) is 22.0 Å². The monoisotopic (exact) mass is 384 g/mol. The van der Waals surface area contributed by atoms with E-state index in [2.05, 4.69) is 42.2 Å². The molecule has 1 amide bonds. The maximum absolute atomic E-state index is 12.1. The van der Waals surface area contributed by atoms with Crippen LogP contribution < -0.4 is 10.1 Å². The number of rotatable bonds is 3. The Bertz CT molecular complexity index is 617. The number of ether oxygens (including phenoxy) is 1. The Kier molecular flexibility index (Phi) is 4.55. The summed E-state index contributed by atoms with van der Waals surface area (Å²) in [6, 6.07) is 10.5. The molecule has 0 spiro atoms. The highest BCUT2D eigenvalue weighted by molar-refractivity contribution is 9.10. The lowest BCUT2D eigenvalue weighted by atomic mass is 10.2. The van der Waals surface area contributed by atoms with E-state index in [1.165, 1.54) is 0 Å². The highest BCUT2D eigenvalue weighted by Gasteiger charge is 2.11. The van der Waals surface area contributed by atoms with Crippen LogP contribution in [-0.2, 0) is 0 Å². The van der Waals surface area contributed by atoms with E-state index in [-0.39, 0.29) is 5.91 Å². The van der Waals surface area contributed by atoms with Crippen molar-refractivity contribution >= 4 is 43.5 Å². The molecular weight excluding hydrogens is 376 g/mol. The number of aromatic nitrogens is 1. The third kappa shape index (κ3) is 3.54. The molecule has 1 N–H and O–H groups in total. The SMILES string of the molecule is COc1ccc(Br)cc1NC(=O)c1cccc(Br)n1. The van der Waals surface area contributed by atoms with Gasteiger partial charge in [-0.05, 0) is 46.3 Å². The fourth-order valence-corrected chi connectivity index (χ4v) is 2.20. The molecule has 0 aliphatic heterocycles. The highest BCUT2D eigenvalue weighted by atomic mass is 79.9. The lowest BCUT2D eigenvalue weighted by molar-refractivity contribution is 0.102. The maximum Gasteiger partial charge on any atom is 0.274 e. The first-order chi connectivity index (χ1) is 9.10. The number of nitrogens with one attached hydrogen (secondary N) is 1. The van der Waals surface area contributed by atoms with Crippen LogP contribution in [-0.4, -0.2) is 18.0 Å². The van der Waals surface area contributed by atoms with Gasteiger partial charge in [0.25, 0.3) is 5.91 Å². The Morgan fingerprint density at radius 3 is 2.74 bits per heavy atom. The summed E-state index contributed by atoms with van der Waals surface area (Å²) in [5, 5.41) is 2.77. The molecule has 0 bridgehead atoms. The first-order valence-electron chi connectivity index (χ1n) is 5.37. The number of halogens is 2. The van der Waals surface area contributed by atoms with Gasteiger partial charge in [0.1, 0.15) is 16.0 Å². The lowest BCUT2D eigenvalue weighted by Crippen LogP contribution is -2.14. The first kappa shape index (κ1) is 14.0. The van der Waals surface area contributed by atoms with Crippen molar-refractivity contribution in [1.82, 2.24) is 4.98 Å². The van der Waals surface area contributed by atoms with Gasteiger partial charge in [-0.3, -0.25) is 4.79 Å². The maximum atomic E-state index is 12.1. The molecular formula is C13H10Br2N2O2. The molecule has 1 aromatic carbocycles. The van der Waals surface area contributed by atoms with E-state index in [0.717, 1.165) is 4.47 Å². The smallest absolute Gasteiger partial charge is 0.274 e. The van der Waals surface area contributed by atoms with E-state index >= 15 is 0 Å². The second-order valence-corrected chi connectivity index (χ2v) is 5.37. The van der Waals surface area contributed by atoms with Crippen molar-refractivity contribution in [1.29, 1.82) is 0 Å². The number of methoxy groups -OCH3 is 1. The number of pyridine rings is 1. The number of carbonyl (C=O) groups excluding carboxylic acids is 1. The second-order valence-electron chi connectivity index (χ2n) is 3.64. The average Bonchev–Trinajstić information content (AvgIpc) is 2.39. The zero-order valence-corrected chi connectivity index (χ0v) is 13.2. The number of nitrogens with zero attached hydrogens (tertiary/aromatic N) is 1.